The lowest BCUT2D eigenvalue weighted by Crippen LogP contribution is -2.07. The molecule has 4 nitrogen and oxygen atoms in total. The zero-order valence-electron chi connectivity index (χ0n) is 9.15. The van der Waals surface area contributed by atoms with Crippen molar-refractivity contribution in [2.75, 3.05) is 12.5 Å². The van der Waals surface area contributed by atoms with Crippen molar-refractivity contribution in [3.63, 3.8) is 0 Å². The van der Waals surface area contributed by atoms with Gasteiger partial charge in [-0.2, -0.15) is 0 Å². The summed E-state index contributed by atoms with van der Waals surface area (Å²) in [5, 5.41) is 0.990. The van der Waals surface area contributed by atoms with Crippen LogP contribution >= 0.6 is 12.4 Å². The maximum Gasteiger partial charge on any atom is 0.121 e. The van der Waals surface area contributed by atoms with Gasteiger partial charge < -0.3 is 10.2 Å². The van der Waals surface area contributed by atoms with Crippen LogP contribution in [0.1, 0.15) is 5.69 Å². The molecule has 0 radical (unpaired) electrons. The lowest BCUT2D eigenvalue weighted by molar-refractivity contribution is 0.415. The summed E-state index contributed by atoms with van der Waals surface area (Å²) in [6.45, 7) is 1.93. The van der Waals surface area contributed by atoms with Gasteiger partial charge in [-0.25, -0.2) is 0 Å². The second-order valence-electron chi connectivity index (χ2n) is 3.34. The van der Waals surface area contributed by atoms with Crippen LogP contribution < -0.4 is 16.0 Å². The Labute approximate surface area is 100 Å². The van der Waals surface area contributed by atoms with E-state index in [1.807, 2.05) is 31.2 Å². The van der Waals surface area contributed by atoms with E-state index in [4.69, 9.17) is 10.6 Å². The molecule has 5 heteroatoms. The van der Waals surface area contributed by atoms with Gasteiger partial charge in [0.05, 0.1) is 18.3 Å². The summed E-state index contributed by atoms with van der Waals surface area (Å²) in [7, 11) is 1.64. The maximum atomic E-state index is 5.45. The molecule has 0 aliphatic rings. The Morgan fingerprint density at radius 3 is 2.69 bits per heavy atom. The number of nitrogens with zero attached hydrogens (tertiary/aromatic N) is 1. The van der Waals surface area contributed by atoms with E-state index >= 15 is 0 Å². The number of aromatic nitrogens is 1. The topological polar surface area (TPSA) is 60.2 Å². The molecule has 2 rings (SSSR count). The van der Waals surface area contributed by atoms with Crippen molar-refractivity contribution in [2.24, 2.45) is 5.84 Å². The van der Waals surface area contributed by atoms with Crippen LogP contribution in [-0.2, 0) is 0 Å². The molecule has 0 saturated carbocycles. The predicted molar refractivity (Wildman–Crippen MR) is 68.1 cm³/mol. The number of hydrogen-bond donors (Lipinski definition) is 2. The van der Waals surface area contributed by atoms with Gasteiger partial charge in [0.25, 0.3) is 0 Å². The first-order chi connectivity index (χ1) is 7.24. The molecule has 86 valence electrons. The smallest absolute Gasteiger partial charge is 0.121 e. The van der Waals surface area contributed by atoms with Crippen molar-refractivity contribution >= 4 is 29.0 Å². The van der Waals surface area contributed by atoms with E-state index in [2.05, 4.69) is 10.4 Å². The monoisotopic (exact) mass is 239 g/mol. The van der Waals surface area contributed by atoms with E-state index in [0.717, 1.165) is 28.0 Å². The highest BCUT2D eigenvalue weighted by Crippen LogP contribution is 2.25. The number of nitrogens with one attached hydrogen (secondary N) is 1. The number of hydrazine groups is 1. The molecule has 0 unspecified atom stereocenters. The molecule has 1 aromatic carbocycles. The third-order valence-corrected chi connectivity index (χ3v) is 2.30. The number of fused-ring (bicyclic) bond motifs is 1. The van der Waals surface area contributed by atoms with Crippen LogP contribution in [-0.4, -0.2) is 12.1 Å². The van der Waals surface area contributed by atoms with E-state index in [1.54, 1.807) is 7.11 Å². The highest BCUT2D eigenvalue weighted by atomic mass is 35.5. The van der Waals surface area contributed by atoms with E-state index in [9.17, 15) is 0 Å². The van der Waals surface area contributed by atoms with Gasteiger partial charge in [-0.15, -0.1) is 12.4 Å². The van der Waals surface area contributed by atoms with E-state index < -0.39 is 0 Å². The second-order valence-corrected chi connectivity index (χ2v) is 3.34. The van der Waals surface area contributed by atoms with Crippen LogP contribution in [0.2, 0.25) is 0 Å². The molecule has 0 aliphatic carbocycles. The van der Waals surface area contributed by atoms with E-state index in [1.165, 1.54) is 0 Å². The number of rotatable bonds is 2. The van der Waals surface area contributed by atoms with Crippen molar-refractivity contribution in [1.29, 1.82) is 0 Å². The second kappa shape index (κ2) is 5.01. The Bertz CT molecular complexity index is 502. The normalized spacial score (nSPS) is 9.69. The third-order valence-electron chi connectivity index (χ3n) is 2.30. The van der Waals surface area contributed by atoms with Gasteiger partial charge in [-0.3, -0.25) is 10.8 Å². The molecule has 1 heterocycles. The molecule has 16 heavy (non-hydrogen) atoms. The van der Waals surface area contributed by atoms with Crippen molar-refractivity contribution in [3.05, 3.63) is 30.0 Å². The summed E-state index contributed by atoms with van der Waals surface area (Å²) in [6.07, 6.45) is 0. The van der Waals surface area contributed by atoms with Gasteiger partial charge in [-0.1, -0.05) is 0 Å². The molecule has 0 amide bonds. The molecule has 0 spiro atoms. The summed E-state index contributed by atoms with van der Waals surface area (Å²) in [5.41, 5.74) is 5.34. The Morgan fingerprint density at radius 1 is 1.31 bits per heavy atom. The quantitative estimate of drug-likeness (QED) is 0.624. The largest absolute Gasteiger partial charge is 0.497 e. The molecular formula is C11H14ClN3O. The number of ether oxygens (including phenoxy) is 1. The van der Waals surface area contributed by atoms with Crippen LogP contribution in [0.5, 0.6) is 5.75 Å². The summed E-state index contributed by atoms with van der Waals surface area (Å²) >= 11 is 0. The average Bonchev–Trinajstić information content (AvgIpc) is 2.26. The summed E-state index contributed by atoms with van der Waals surface area (Å²) in [5.74, 6) is 6.24. The minimum Gasteiger partial charge on any atom is -0.497 e. The lowest BCUT2D eigenvalue weighted by Gasteiger charge is -2.08. The number of benzene rings is 1. The number of pyridine rings is 1. The van der Waals surface area contributed by atoms with Crippen LogP contribution in [0.25, 0.3) is 10.9 Å². The van der Waals surface area contributed by atoms with Gasteiger partial charge in [0.2, 0.25) is 0 Å². The van der Waals surface area contributed by atoms with Gasteiger partial charge in [0.15, 0.2) is 0 Å². The fourth-order valence-corrected chi connectivity index (χ4v) is 1.59. The molecule has 2 aromatic rings. The van der Waals surface area contributed by atoms with E-state index in [0.29, 0.717) is 0 Å². The minimum atomic E-state index is 0. The van der Waals surface area contributed by atoms with Gasteiger partial charge >= 0.3 is 0 Å². The van der Waals surface area contributed by atoms with Crippen LogP contribution in [0.15, 0.2) is 24.3 Å². The first kappa shape index (κ1) is 12.5. The number of nitrogen functional groups attached to an aromatic ring is 1. The first-order valence-electron chi connectivity index (χ1n) is 4.66. The zero-order chi connectivity index (χ0) is 10.8. The summed E-state index contributed by atoms with van der Waals surface area (Å²) in [6, 6.07) is 7.63. The van der Waals surface area contributed by atoms with Crippen molar-refractivity contribution < 1.29 is 4.74 Å². The standard InChI is InChI=1S/C11H13N3O.ClH/c1-7-5-11(14-12)9-4-3-8(15-2)6-10(9)13-7;/h3-6H,12H2,1-2H3,(H,13,14);1H. The molecule has 0 atom stereocenters. The number of halogens is 1. The Hall–Kier alpha value is -1.52. The Kier molecular flexibility index (Phi) is 3.93. The maximum absolute atomic E-state index is 5.45. The van der Waals surface area contributed by atoms with E-state index in [-0.39, 0.29) is 12.4 Å². The van der Waals surface area contributed by atoms with Crippen molar-refractivity contribution in [3.8, 4) is 5.75 Å². The minimum absolute atomic E-state index is 0. The Balaban J connectivity index is 0.00000128. The zero-order valence-corrected chi connectivity index (χ0v) is 9.97. The molecule has 0 saturated heterocycles. The van der Waals surface area contributed by atoms with Gasteiger partial charge in [-0.05, 0) is 25.1 Å². The highest BCUT2D eigenvalue weighted by molar-refractivity contribution is 5.92. The fourth-order valence-electron chi connectivity index (χ4n) is 1.59. The SMILES string of the molecule is COc1ccc2c(NN)cc(C)nc2c1.Cl. The van der Waals surface area contributed by atoms with Gasteiger partial charge in [0, 0.05) is 17.1 Å². The molecule has 0 bridgehead atoms. The number of methoxy groups -OCH3 is 1. The number of nitrogens with two attached hydrogens (primary N) is 1. The fraction of sp³-hybridized carbons (Fsp3) is 0.182. The van der Waals surface area contributed by atoms with Crippen molar-refractivity contribution in [2.45, 2.75) is 6.92 Å². The van der Waals surface area contributed by atoms with Crippen molar-refractivity contribution in [1.82, 2.24) is 4.98 Å². The third kappa shape index (κ3) is 2.18. The molecular weight excluding hydrogens is 226 g/mol. The first-order valence-corrected chi connectivity index (χ1v) is 4.66. The number of aryl methyl sites for hydroxylation is 1. The molecule has 0 fully saturated rings. The molecule has 1 aromatic heterocycles. The summed E-state index contributed by atoms with van der Waals surface area (Å²) in [4.78, 5) is 4.42. The summed E-state index contributed by atoms with van der Waals surface area (Å²) < 4.78 is 5.14. The Morgan fingerprint density at radius 2 is 2.06 bits per heavy atom. The average molecular weight is 240 g/mol. The van der Waals surface area contributed by atoms with Crippen LogP contribution in [0, 0.1) is 6.92 Å². The number of anilines is 1. The van der Waals surface area contributed by atoms with Crippen LogP contribution in [0.4, 0.5) is 5.69 Å². The lowest BCUT2D eigenvalue weighted by atomic mass is 10.1. The molecule has 0 aliphatic heterocycles. The van der Waals surface area contributed by atoms with Crippen LogP contribution in [0.3, 0.4) is 0 Å². The van der Waals surface area contributed by atoms with Gasteiger partial charge in [0.1, 0.15) is 5.75 Å². The number of hydrogen-bond acceptors (Lipinski definition) is 4. The molecule has 3 N–H and O–H groups in total. The predicted octanol–water partition coefficient (Wildman–Crippen LogP) is 2.26. The highest BCUT2D eigenvalue weighted by Gasteiger charge is 2.03.